The van der Waals surface area contributed by atoms with Crippen LogP contribution in [0.1, 0.15) is 44.2 Å². The highest BCUT2D eigenvalue weighted by Gasteiger charge is 2.29. The van der Waals surface area contributed by atoms with Gasteiger partial charge in [0.15, 0.2) is 0 Å². The third-order valence-corrected chi connectivity index (χ3v) is 10.1. The van der Waals surface area contributed by atoms with Crippen LogP contribution in [-0.2, 0) is 20.0 Å². The van der Waals surface area contributed by atoms with Gasteiger partial charge in [-0.15, -0.1) is 0 Å². The second kappa shape index (κ2) is 10.2. The molecule has 0 radical (unpaired) electrons. The van der Waals surface area contributed by atoms with Gasteiger partial charge in [0.1, 0.15) is 0 Å². The van der Waals surface area contributed by atoms with Gasteiger partial charge in [0.2, 0.25) is 20.0 Å². The van der Waals surface area contributed by atoms with E-state index in [2.05, 4.69) is 16.5 Å². The summed E-state index contributed by atoms with van der Waals surface area (Å²) in [6.07, 6.45) is 3.91. The highest BCUT2D eigenvalue weighted by molar-refractivity contribution is 7.89. The first-order valence-corrected chi connectivity index (χ1v) is 14.6. The number of nitrogens with one attached hydrogen (secondary N) is 1. The van der Waals surface area contributed by atoms with Crippen molar-refractivity contribution < 1.29 is 16.8 Å². The third kappa shape index (κ3) is 5.66. The van der Waals surface area contributed by atoms with E-state index in [4.69, 9.17) is 0 Å². The van der Waals surface area contributed by atoms with Crippen molar-refractivity contribution in [3.63, 3.8) is 0 Å². The van der Waals surface area contributed by atoms with Gasteiger partial charge < -0.3 is 0 Å². The van der Waals surface area contributed by atoms with Crippen molar-refractivity contribution in [2.75, 3.05) is 32.7 Å². The molecule has 33 heavy (non-hydrogen) atoms. The molecule has 1 atom stereocenters. The van der Waals surface area contributed by atoms with Crippen LogP contribution < -0.4 is 4.72 Å². The molecule has 180 valence electrons. The van der Waals surface area contributed by atoms with E-state index in [0.29, 0.717) is 19.0 Å². The quantitative estimate of drug-likeness (QED) is 0.613. The summed E-state index contributed by atoms with van der Waals surface area (Å²) in [6.45, 7) is 5.41. The summed E-state index contributed by atoms with van der Waals surface area (Å²) in [6, 6.07) is 15.5. The second-order valence-electron chi connectivity index (χ2n) is 9.08. The molecule has 2 aromatic rings. The lowest BCUT2D eigenvalue weighted by molar-refractivity contribution is 0.139. The van der Waals surface area contributed by atoms with Gasteiger partial charge in [-0.3, -0.25) is 4.90 Å². The first-order chi connectivity index (χ1) is 15.8. The van der Waals surface area contributed by atoms with E-state index in [0.717, 1.165) is 44.3 Å². The maximum absolute atomic E-state index is 13.0. The molecule has 0 bridgehead atoms. The standard InChI is InChI=1S/C24H33N3O4S2/c1-20-13-17-26(18-14-20)24(21-7-3-2-4-8-21)19-25-32(28,29)22-9-11-23(12-10-22)33(30,31)27-15-5-6-16-27/h2-4,7-12,20,24-25H,5-6,13-19H2,1H3/t24-/m0/s1. The van der Waals surface area contributed by atoms with Crippen molar-refractivity contribution in [3.05, 3.63) is 60.2 Å². The fourth-order valence-corrected chi connectivity index (χ4v) is 7.17. The minimum atomic E-state index is -3.78. The Kier molecular flexibility index (Phi) is 7.55. The van der Waals surface area contributed by atoms with E-state index in [9.17, 15) is 16.8 Å². The van der Waals surface area contributed by atoms with Crippen LogP contribution in [0.3, 0.4) is 0 Å². The number of nitrogens with zero attached hydrogens (tertiary/aromatic N) is 2. The van der Waals surface area contributed by atoms with Gasteiger partial charge in [0.25, 0.3) is 0 Å². The lowest BCUT2D eigenvalue weighted by Crippen LogP contribution is -2.41. The lowest BCUT2D eigenvalue weighted by atomic mass is 9.96. The topological polar surface area (TPSA) is 86.8 Å². The van der Waals surface area contributed by atoms with Crippen LogP contribution in [0.5, 0.6) is 0 Å². The molecule has 0 aromatic heterocycles. The maximum Gasteiger partial charge on any atom is 0.243 e. The summed E-state index contributed by atoms with van der Waals surface area (Å²) in [5.41, 5.74) is 1.09. The van der Waals surface area contributed by atoms with Gasteiger partial charge in [-0.1, -0.05) is 37.3 Å². The molecule has 0 spiro atoms. The molecule has 4 rings (SSSR count). The van der Waals surface area contributed by atoms with Crippen molar-refractivity contribution >= 4 is 20.0 Å². The molecule has 7 nitrogen and oxygen atoms in total. The largest absolute Gasteiger partial charge is 0.295 e. The van der Waals surface area contributed by atoms with Crippen molar-refractivity contribution in [1.82, 2.24) is 13.9 Å². The van der Waals surface area contributed by atoms with Gasteiger partial charge in [-0.2, -0.15) is 4.31 Å². The van der Waals surface area contributed by atoms with Crippen LogP contribution in [-0.4, -0.2) is 58.8 Å². The highest BCUT2D eigenvalue weighted by atomic mass is 32.2. The van der Waals surface area contributed by atoms with E-state index in [1.54, 1.807) is 0 Å². The smallest absolute Gasteiger partial charge is 0.243 e. The van der Waals surface area contributed by atoms with Crippen LogP contribution in [0.15, 0.2) is 64.4 Å². The zero-order chi connectivity index (χ0) is 23.5. The Bertz CT molecular complexity index is 1120. The summed E-state index contributed by atoms with van der Waals surface area (Å²) in [4.78, 5) is 2.55. The molecule has 2 aliphatic rings. The molecule has 0 saturated carbocycles. The molecule has 0 aliphatic carbocycles. The van der Waals surface area contributed by atoms with Gasteiger partial charge in [-0.25, -0.2) is 21.6 Å². The minimum absolute atomic E-state index is 0.0525. The molecule has 2 saturated heterocycles. The Morgan fingerprint density at radius 1 is 0.848 bits per heavy atom. The normalized spacial score (nSPS) is 20.2. The van der Waals surface area contributed by atoms with Gasteiger partial charge in [0, 0.05) is 25.7 Å². The fraction of sp³-hybridized carbons (Fsp3) is 0.500. The second-order valence-corrected chi connectivity index (χ2v) is 12.8. The maximum atomic E-state index is 13.0. The van der Waals surface area contributed by atoms with E-state index in [-0.39, 0.29) is 22.4 Å². The van der Waals surface area contributed by atoms with Crippen molar-refractivity contribution in [2.45, 2.75) is 48.4 Å². The van der Waals surface area contributed by atoms with E-state index in [1.807, 2.05) is 30.3 Å². The molecule has 9 heteroatoms. The van der Waals surface area contributed by atoms with Crippen LogP contribution in [0.2, 0.25) is 0 Å². The number of likely N-dealkylation sites (tertiary alicyclic amines) is 1. The van der Waals surface area contributed by atoms with Crippen LogP contribution >= 0.6 is 0 Å². The number of benzene rings is 2. The van der Waals surface area contributed by atoms with Gasteiger partial charge in [0.05, 0.1) is 9.79 Å². The summed E-state index contributed by atoms with van der Waals surface area (Å²) >= 11 is 0. The Morgan fingerprint density at radius 2 is 1.42 bits per heavy atom. The molecule has 1 N–H and O–H groups in total. The summed E-state index contributed by atoms with van der Waals surface area (Å²) < 4.78 is 55.7. The Labute approximate surface area is 197 Å². The van der Waals surface area contributed by atoms with Crippen molar-refractivity contribution in [3.8, 4) is 0 Å². The average molecular weight is 492 g/mol. The van der Waals surface area contributed by atoms with Crippen LogP contribution in [0.25, 0.3) is 0 Å². The van der Waals surface area contributed by atoms with Crippen LogP contribution in [0, 0.1) is 5.92 Å². The number of rotatable bonds is 8. The van der Waals surface area contributed by atoms with E-state index < -0.39 is 20.0 Å². The van der Waals surface area contributed by atoms with Crippen LogP contribution in [0.4, 0.5) is 0 Å². The van der Waals surface area contributed by atoms with E-state index >= 15 is 0 Å². The zero-order valence-electron chi connectivity index (χ0n) is 19.1. The zero-order valence-corrected chi connectivity index (χ0v) is 20.7. The summed E-state index contributed by atoms with van der Waals surface area (Å²) in [5, 5.41) is 0. The lowest BCUT2D eigenvalue weighted by Gasteiger charge is -2.37. The Morgan fingerprint density at radius 3 is 2.03 bits per heavy atom. The highest BCUT2D eigenvalue weighted by Crippen LogP contribution is 2.27. The molecular weight excluding hydrogens is 458 g/mol. The number of hydrogen-bond acceptors (Lipinski definition) is 5. The predicted molar refractivity (Wildman–Crippen MR) is 129 cm³/mol. The Hall–Kier alpha value is -1.78. The first kappa shape index (κ1) is 24.3. The fourth-order valence-electron chi connectivity index (χ4n) is 4.61. The number of hydrogen-bond donors (Lipinski definition) is 1. The van der Waals surface area contributed by atoms with Crippen molar-refractivity contribution in [1.29, 1.82) is 0 Å². The monoisotopic (exact) mass is 491 g/mol. The molecule has 0 amide bonds. The van der Waals surface area contributed by atoms with E-state index in [1.165, 1.54) is 28.6 Å². The minimum Gasteiger partial charge on any atom is -0.295 e. The molecule has 2 aromatic carbocycles. The average Bonchev–Trinajstić information content (AvgIpc) is 3.37. The summed E-state index contributed by atoms with van der Waals surface area (Å²) in [5.74, 6) is 0.685. The first-order valence-electron chi connectivity index (χ1n) is 11.7. The molecular formula is C24H33N3O4S2. The summed E-state index contributed by atoms with van der Waals surface area (Å²) in [7, 11) is -7.35. The molecule has 2 heterocycles. The molecule has 2 fully saturated rings. The van der Waals surface area contributed by atoms with Gasteiger partial charge >= 0.3 is 0 Å². The SMILES string of the molecule is CC1CCN([C@@H](CNS(=O)(=O)c2ccc(S(=O)(=O)N3CCCC3)cc2)c2ccccc2)CC1. The van der Waals surface area contributed by atoms with Crippen molar-refractivity contribution in [2.24, 2.45) is 5.92 Å². The Balaban J connectivity index is 1.48. The predicted octanol–water partition coefficient (Wildman–Crippen LogP) is 3.22. The molecule has 2 aliphatic heterocycles. The third-order valence-electron chi connectivity index (χ3n) is 6.75. The number of piperidine rings is 1. The number of sulfonamides is 2. The van der Waals surface area contributed by atoms with Gasteiger partial charge in [-0.05, 0) is 74.5 Å². The molecule has 0 unspecified atom stereocenters.